The smallest absolute Gasteiger partial charge is 0.218 e. The van der Waals surface area contributed by atoms with E-state index >= 15 is 0 Å². The van der Waals surface area contributed by atoms with Crippen molar-refractivity contribution in [2.75, 3.05) is 13.1 Å². The second kappa shape index (κ2) is 6.37. The van der Waals surface area contributed by atoms with Crippen LogP contribution in [0.25, 0.3) is 0 Å². The van der Waals surface area contributed by atoms with Gasteiger partial charge in [-0.25, -0.2) is 8.42 Å². The summed E-state index contributed by atoms with van der Waals surface area (Å²) in [6, 6.07) is 9.08. The van der Waals surface area contributed by atoms with E-state index in [9.17, 15) is 13.2 Å². The van der Waals surface area contributed by atoms with Crippen LogP contribution in [-0.4, -0.2) is 37.8 Å². The minimum absolute atomic E-state index is 0.0145. The van der Waals surface area contributed by atoms with Gasteiger partial charge in [-0.1, -0.05) is 30.3 Å². The first-order valence-corrected chi connectivity index (χ1v) is 8.37. The maximum Gasteiger partial charge on any atom is 0.218 e. The molecule has 2 rings (SSSR count). The molecule has 0 saturated carbocycles. The Morgan fingerprint density at radius 3 is 2.70 bits per heavy atom. The number of rotatable bonds is 4. The second-order valence-corrected chi connectivity index (χ2v) is 7.11. The van der Waals surface area contributed by atoms with Gasteiger partial charge in [0, 0.05) is 26.1 Å². The molecule has 5 nitrogen and oxygen atoms in total. The van der Waals surface area contributed by atoms with E-state index in [0.717, 1.165) is 18.4 Å². The monoisotopic (exact) mass is 296 g/mol. The maximum absolute atomic E-state index is 12.4. The average Bonchev–Trinajstić information content (AvgIpc) is 2.39. The van der Waals surface area contributed by atoms with Crippen molar-refractivity contribution < 1.29 is 13.2 Å². The van der Waals surface area contributed by atoms with Crippen LogP contribution >= 0.6 is 0 Å². The van der Waals surface area contributed by atoms with Gasteiger partial charge in [-0.05, 0) is 18.4 Å². The van der Waals surface area contributed by atoms with E-state index in [4.69, 9.17) is 0 Å². The SMILES string of the molecule is CC(=O)N[C@H]1CCCN(S(=O)(=O)Cc2ccccc2)C1. The third kappa shape index (κ3) is 4.05. The third-order valence-electron chi connectivity index (χ3n) is 3.38. The number of nitrogens with one attached hydrogen (secondary N) is 1. The summed E-state index contributed by atoms with van der Waals surface area (Å²) in [5.41, 5.74) is 0.786. The lowest BCUT2D eigenvalue weighted by Crippen LogP contribution is -2.49. The Hall–Kier alpha value is -1.40. The molecule has 1 atom stereocenters. The van der Waals surface area contributed by atoms with Crippen molar-refractivity contribution in [3.05, 3.63) is 35.9 Å². The second-order valence-electron chi connectivity index (χ2n) is 5.14. The van der Waals surface area contributed by atoms with Gasteiger partial charge in [0.25, 0.3) is 0 Å². The molecule has 0 aromatic heterocycles. The molecular weight excluding hydrogens is 276 g/mol. The lowest BCUT2D eigenvalue weighted by molar-refractivity contribution is -0.119. The van der Waals surface area contributed by atoms with Crippen molar-refractivity contribution in [1.82, 2.24) is 9.62 Å². The largest absolute Gasteiger partial charge is 0.352 e. The van der Waals surface area contributed by atoms with Gasteiger partial charge >= 0.3 is 0 Å². The highest BCUT2D eigenvalue weighted by atomic mass is 32.2. The number of amides is 1. The van der Waals surface area contributed by atoms with Gasteiger partial charge in [-0.3, -0.25) is 4.79 Å². The molecule has 1 N–H and O–H groups in total. The fraction of sp³-hybridized carbons (Fsp3) is 0.500. The van der Waals surface area contributed by atoms with Crippen molar-refractivity contribution in [1.29, 1.82) is 0 Å². The first-order valence-electron chi connectivity index (χ1n) is 6.76. The number of carbonyl (C=O) groups excluding carboxylic acids is 1. The number of carbonyl (C=O) groups is 1. The molecule has 1 aliphatic heterocycles. The van der Waals surface area contributed by atoms with Crippen molar-refractivity contribution in [2.45, 2.75) is 31.6 Å². The van der Waals surface area contributed by atoms with Crippen LogP contribution in [0, 0.1) is 0 Å². The Kier molecular flexibility index (Phi) is 4.77. The van der Waals surface area contributed by atoms with E-state index in [0.29, 0.717) is 13.1 Å². The molecule has 1 aromatic rings. The molecule has 1 saturated heterocycles. The van der Waals surface area contributed by atoms with Gasteiger partial charge in [-0.2, -0.15) is 4.31 Å². The number of sulfonamides is 1. The van der Waals surface area contributed by atoms with Gasteiger partial charge in [0.2, 0.25) is 15.9 Å². The molecule has 0 bridgehead atoms. The van der Waals surface area contributed by atoms with Crippen molar-refractivity contribution in [2.24, 2.45) is 0 Å². The molecule has 0 aliphatic carbocycles. The van der Waals surface area contributed by atoms with Crippen LogP contribution in [0.1, 0.15) is 25.3 Å². The zero-order chi connectivity index (χ0) is 14.6. The van der Waals surface area contributed by atoms with E-state index in [2.05, 4.69) is 5.32 Å². The van der Waals surface area contributed by atoms with Crippen LogP contribution < -0.4 is 5.32 Å². The number of nitrogens with zero attached hydrogens (tertiary/aromatic N) is 1. The van der Waals surface area contributed by atoms with E-state index in [-0.39, 0.29) is 17.7 Å². The van der Waals surface area contributed by atoms with E-state index in [1.54, 1.807) is 0 Å². The Balaban J connectivity index is 2.03. The van der Waals surface area contributed by atoms with Crippen LogP contribution in [0.3, 0.4) is 0 Å². The summed E-state index contributed by atoms with van der Waals surface area (Å²) in [4.78, 5) is 11.1. The van der Waals surface area contributed by atoms with Crippen LogP contribution in [0.2, 0.25) is 0 Å². The van der Waals surface area contributed by atoms with Gasteiger partial charge < -0.3 is 5.32 Å². The summed E-state index contributed by atoms with van der Waals surface area (Å²) in [5, 5.41) is 2.80. The molecule has 1 heterocycles. The van der Waals surface area contributed by atoms with Gasteiger partial charge in [0.15, 0.2) is 0 Å². The first-order chi connectivity index (χ1) is 9.47. The molecular formula is C14H20N2O3S. The standard InChI is InChI=1S/C14H20N2O3S/c1-12(17)15-14-8-5-9-16(10-14)20(18,19)11-13-6-3-2-4-7-13/h2-4,6-7,14H,5,8-11H2,1H3,(H,15,17)/t14-/m0/s1. The summed E-state index contributed by atoms with van der Waals surface area (Å²) in [7, 11) is -3.32. The zero-order valence-electron chi connectivity index (χ0n) is 11.6. The fourth-order valence-electron chi connectivity index (χ4n) is 2.48. The van der Waals surface area contributed by atoms with Gasteiger partial charge in [0.1, 0.15) is 0 Å². The van der Waals surface area contributed by atoms with Crippen LogP contribution in [0.5, 0.6) is 0 Å². The molecule has 20 heavy (non-hydrogen) atoms. The molecule has 1 fully saturated rings. The molecule has 110 valence electrons. The predicted molar refractivity (Wildman–Crippen MR) is 77.5 cm³/mol. The highest BCUT2D eigenvalue weighted by molar-refractivity contribution is 7.88. The quantitative estimate of drug-likeness (QED) is 0.905. The number of hydrogen-bond donors (Lipinski definition) is 1. The lowest BCUT2D eigenvalue weighted by atomic mass is 10.1. The summed E-state index contributed by atoms with van der Waals surface area (Å²) in [6.45, 7) is 2.36. The Morgan fingerprint density at radius 2 is 2.05 bits per heavy atom. The van der Waals surface area contributed by atoms with Crippen LogP contribution in [-0.2, 0) is 20.6 Å². The Labute approximate surface area is 120 Å². The van der Waals surface area contributed by atoms with Crippen LogP contribution in [0.15, 0.2) is 30.3 Å². The maximum atomic E-state index is 12.4. The lowest BCUT2D eigenvalue weighted by Gasteiger charge is -2.32. The molecule has 0 unspecified atom stereocenters. The third-order valence-corrected chi connectivity index (χ3v) is 5.19. The summed E-state index contributed by atoms with van der Waals surface area (Å²) in [6.07, 6.45) is 1.61. The minimum Gasteiger partial charge on any atom is -0.352 e. The number of hydrogen-bond acceptors (Lipinski definition) is 3. The van der Waals surface area contributed by atoms with E-state index in [1.165, 1.54) is 11.2 Å². The topological polar surface area (TPSA) is 66.5 Å². The number of piperidine rings is 1. The number of benzene rings is 1. The van der Waals surface area contributed by atoms with Crippen molar-refractivity contribution in [3.63, 3.8) is 0 Å². The fourth-order valence-corrected chi connectivity index (χ4v) is 4.09. The first kappa shape index (κ1) is 15.0. The van der Waals surface area contributed by atoms with Gasteiger partial charge in [0.05, 0.1) is 5.75 Å². The highest BCUT2D eigenvalue weighted by Gasteiger charge is 2.29. The van der Waals surface area contributed by atoms with Gasteiger partial charge in [-0.15, -0.1) is 0 Å². The van der Waals surface area contributed by atoms with Crippen molar-refractivity contribution >= 4 is 15.9 Å². The predicted octanol–water partition coefficient (Wildman–Crippen LogP) is 1.12. The van der Waals surface area contributed by atoms with E-state index in [1.807, 2.05) is 30.3 Å². The van der Waals surface area contributed by atoms with Crippen LogP contribution in [0.4, 0.5) is 0 Å². The molecule has 1 aromatic carbocycles. The Morgan fingerprint density at radius 1 is 1.35 bits per heavy atom. The summed E-state index contributed by atoms with van der Waals surface area (Å²) >= 11 is 0. The average molecular weight is 296 g/mol. The van der Waals surface area contributed by atoms with E-state index < -0.39 is 10.0 Å². The van der Waals surface area contributed by atoms with Crippen molar-refractivity contribution in [3.8, 4) is 0 Å². The highest BCUT2D eigenvalue weighted by Crippen LogP contribution is 2.17. The molecule has 0 spiro atoms. The zero-order valence-corrected chi connectivity index (χ0v) is 12.4. The molecule has 6 heteroatoms. The summed E-state index contributed by atoms with van der Waals surface area (Å²) in [5.74, 6) is -0.0991. The summed E-state index contributed by atoms with van der Waals surface area (Å²) < 4.78 is 26.3. The molecule has 1 aliphatic rings. The normalized spacial score (nSPS) is 20.6. The molecule has 1 amide bonds. The molecule has 0 radical (unpaired) electrons. The minimum atomic E-state index is -3.32. The Bertz CT molecular complexity index is 557.